The molecule has 0 fully saturated rings. The van der Waals surface area contributed by atoms with E-state index in [-0.39, 0.29) is 0 Å². The first kappa shape index (κ1) is 14.9. The Morgan fingerprint density at radius 3 is 3.00 bits per heavy atom. The van der Waals surface area contributed by atoms with Gasteiger partial charge in [-0.2, -0.15) is 4.98 Å². The number of rotatable bonds is 4. The normalized spacial score (nSPS) is 13.8. The molecule has 0 saturated carbocycles. The molecule has 0 unspecified atom stereocenters. The second-order valence-corrected chi connectivity index (χ2v) is 6.17. The van der Waals surface area contributed by atoms with Crippen molar-refractivity contribution in [3.8, 4) is 17.1 Å². The number of fused-ring (bicyclic) bond motifs is 1. The van der Waals surface area contributed by atoms with E-state index in [0.717, 1.165) is 29.7 Å². The predicted octanol–water partition coefficient (Wildman–Crippen LogP) is 3.18. The van der Waals surface area contributed by atoms with Gasteiger partial charge in [-0.05, 0) is 44.2 Å². The van der Waals surface area contributed by atoms with Crippen LogP contribution in [0.5, 0.6) is 5.75 Å². The van der Waals surface area contributed by atoms with Gasteiger partial charge >= 0.3 is 0 Å². The van der Waals surface area contributed by atoms with E-state index in [1.807, 2.05) is 31.5 Å². The molecule has 0 bridgehead atoms. The van der Waals surface area contributed by atoms with Crippen LogP contribution in [0, 0.1) is 6.92 Å². The molecule has 1 aliphatic carbocycles. The molecule has 0 radical (unpaired) electrons. The summed E-state index contributed by atoms with van der Waals surface area (Å²) in [5.41, 5.74) is 4.48. The Morgan fingerprint density at radius 1 is 1.25 bits per heavy atom. The van der Waals surface area contributed by atoms with Crippen LogP contribution in [0.2, 0.25) is 0 Å². The number of hydrogen-bond donors (Lipinski definition) is 0. The molecule has 4 rings (SSSR count). The van der Waals surface area contributed by atoms with Gasteiger partial charge in [0.15, 0.2) is 0 Å². The third-order valence-electron chi connectivity index (χ3n) is 4.55. The fourth-order valence-corrected chi connectivity index (χ4v) is 3.21. The van der Waals surface area contributed by atoms with Gasteiger partial charge in [0.25, 0.3) is 0 Å². The summed E-state index contributed by atoms with van der Waals surface area (Å²) < 4.78 is 12.9. The zero-order valence-electron chi connectivity index (χ0n) is 14.0. The summed E-state index contributed by atoms with van der Waals surface area (Å²) in [6.45, 7) is 2.57. The van der Waals surface area contributed by atoms with Crippen LogP contribution in [0.1, 0.15) is 35.7 Å². The SMILES string of the molecule is COc1cc(-c2noc(Cn3cnc4c3CCCC4)n2)ccc1C. The second kappa shape index (κ2) is 6.11. The van der Waals surface area contributed by atoms with Crippen molar-refractivity contribution >= 4 is 0 Å². The molecule has 0 aliphatic heterocycles. The van der Waals surface area contributed by atoms with Gasteiger partial charge in [0, 0.05) is 11.3 Å². The lowest BCUT2D eigenvalue weighted by Crippen LogP contribution is -2.09. The highest BCUT2D eigenvalue weighted by atomic mass is 16.5. The van der Waals surface area contributed by atoms with E-state index in [4.69, 9.17) is 9.26 Å². The number of nitrogens with zero attached hydrogens (tertiary/aromatic N) is 4. The predicted molar refractivity (Wildman–Crippen MR) is 89.0 cm³/mol. The van der Waals surface area contributed by atoms with Gasteiger partial charge in [0.2, 0.25) is 11.7 Å². The molecule has 2 aromatic heterocycles. The zero-order chi connectivity index (χ0) is 16.5. The third kappa shape index (κ3) is 2.68. The summed E-state index contributed by atoms with van der Waals surface area (Å²) in [6.07, 6.45) is 6.47. The molecule has 124 valence electrons. The van der Waals surface area contributed by atoms with E-state index in [9.17, 15) is 0 Å². The van der Waals surface area contributed by atoms with Crippen molar-refractivity contribution in [2.45, 2.75) is 39.2 Å². The lowest BCUT2D eigenvalue weighted by atomic mass is 10.0. The summed E-state index contributed by atoms with van der Waals surface area (Å²) in [4.78, 5) is 9.03. The van der Waals surface area contributed by atoms with E-state index >= 15 is 0 Å². The maximum atomic E-state index is 5.44. The average Bonchev–Trinajstić information content (AvgIpc) is 3.23. The van der Waals surface area contributed by atoms with Crippen LogP contribution in [0.25, 0.3) is 11.4 Å². The van der Waals surface area contributed by atoms with E-state index in [0.29, 0.717) is 18.3 Å². The maximum absolute atomic E-state index is 5.44. The molecular weight excluding hydrogens is 304 g/mol. The van der Waals surface area contributed by atoms with Crippen molar-refractivity contribution < 1.29 is 9.26 Å². The molecule has 0 spiro atoms. The standard InChI is InChI=1S/C18H20N4O2/c1-12-7-8-13(9-16(12)23-2)18-20-17(24-21-18)10-22-11-19-14-5-3-4-6-15(14)22/h7-9,11H,3-6,10H2,1-2H3. The number of ether oxygens (including phenoxy) is 1. The molecule has 6 nitrogen and oxygen atoms in total. The third-order valence-corrected chi connectivity index (χ3v) is 4.55. The quantitative estimate of drug-likeness (QED) is 0.737. The van der Waals surface area contributed by atoms with E-state index in [2.05, 4.69) is 19.7 Å². The first-order chi connectivity index (χ1) is 11.7. The number of hydrogen-bond acceptors (Lipinski definition) is 5. The van der Waals surface area contributed by atoms with E-state index < -0.39 is 0 Å². The fraction of sp³-hybridized carbons (Fsp3) is 0.389. The van der Waals surface area contributed by atoms with Gasteiger partial charge in [-0.25, -0.2) is 4.98 Å². The fourth-order valence-electron chi connectivity index (χ4n) is 3.21. The summed E-state index contributed by atoms with van der Waals surface area (Å²) in [5, 5.41) is 4.11. The zero-order valence-corrected chi connectivity index (χ0v) is 14.0. The Labute approximate surface area is 140 Å². The molecule has 0 amide bonds. The molecule has 6 heteroatoms. The van der Waals surface area contributed by atoms with Crippen molar-refractivity contribution in [3.05, 3.63) is 47.4 Å². The molecule has 1 aromatic carbocycles. The van der Waals surface area contributed by atoms with Crippen LogP contribution in [0.3, 0.4) is 0 Å². The van der Waals surface area contributed by atoms with Gasteiger partial charge in [-0.1, -0.05) is 17.3 Å². The molecule has 0 atom stereocenters. The Kier molecular flexibility index (Phi) is 3.80. The molecule has 2 heterocycles. The lowest BCUT2D eigenvalue weighted by Gasteiger charge is -2.12. The Balaban J connectivity index is 1.58. The van der Waals surface area contributed by atoms with Crippen molar-refractivity contribution in [1.82, 2.24) is 19.7 Å². The lowest BCUT2D eigenvalue weighted by molar-refractivity contribution is 0.369. The summed E-state index contributed by atoms with van der Waals surface area (Å²) >= 11 is 0. The van der Waals surface area contributed by atoms with Crippen molar-refractivity contribution in [3.63, 3.8) is 0 Å². The first-order valence-electron chi connectivity index (χ1n) is 8.25. The van der Waals surface area contributed by atoms with Gasteiger partial charge in [0.05, 0.1) is 19.1 Å². The molecule has 3 aromatic rings. The highest BCUT2D eigenvalue weighted by Crippen LogP contribution is 2.25. The first-order valence-corrected chi connectivity index (χ1v) is 8.25. The Morgan fingerprint density at radius 2 is 2.12 bits per heavy atom. The average molecular weight is 324 g/mol. The monoisotopic (exact) mass is 324 g/mol. The largest absolute Gasteiger partial charge is 0.496 e. The molecule has 0 saturated heterocycles. The molecule has 1 aliphatic rings. The number of aryl methyl sites for hydroxylation is 2. The highest BCUT2D eigenvalue weighted by Gasteiger charge is 2.17. The van der Waals surface area contributed by atoms with Crippen LogP contribution in [0.4, 0.5) is 0 Å². The van der Waals surface area contributed by atoms with Gasteiger partial charge in [-0.3, -0.25) is 0 Å². The number of benzene rings is 1. The number of aromatic nitrogens is 4. The van der Waals surface area contributed by atoms with Crippen LogP contribution >= 0.6 is 0 Å². The van der Waals surface area contributed by atoms with E-state index in [1.165, 1.54) is 24.2 Å². The van der Waals surface area contributed by atoms with Crippen LogP contribution in [-0.2, 0) is 19.4 Å². The van der Waals surface area contributed by atoms with Crippen molar-refractivity contribution in [2.24, 2.45) is 0 Å². The minimum atomic E-state index is 0.568. The Bertz CT molecular complexity index is 866. The minimum Gasteiger partial charge on any atom is -0.496 e. The Hall–Kier alpha value is -2.63. The van der Waals surface area contributed by atoms with Gasteiger partial charge < -0.3 is 13.8 Å². The van der Waals surface area contributed by atoms with Crippen molar-refractivity contribution in [1.29, 1.82) is 0 Å². The smallest absolute Gasteiger partial charge is 0.246 e. The number of imidazole rings is 1. The van der Waals surface area contributed by atoms with E-state index in [1.54, 1.807) is 7.11 Å². The van der Waals surface area contributed by atoms with Crippen LogP contribution in [-0.4, -0.2) is 26.8 Å². The number of methoxy groups -OCH3 is 1. The van der Waals surface area contributed by atoms with Crippen LogP contribution < -0.4 is 4.74 Å². The summed E-state index contributed by atoms with van der Waals surface area (Å²) in [5.74, 6) is 2.00. The topological polar surface area (TPSA) is 66.0 Å². The van der Waals surface area contributed by atoms with Gasteiger partial charge in [0.1, 0.15) is 12.3 Å². The minimum absolute atomic E-state index is 0.568. The highest BCUT2D eigenvalue weighted by molar-refractivity contribution is 5.58. The van der Waals surface area contributed by atoms with Gasteiger partial charge in [-0.15, -0.1) is 0 Å². The molecular formula is C18H20N4O2. The molecule has 0 N–H and O–H groups in total. The van der Waals surface area contributed by atoms with Crippen molar-refractivity contribution in [2.75, 3.05) is 7.11 Å². The summed E-state index contributed by atoms with van der Waals surface area (Å²) in [6, 6.07) is 5.91. The summed E-state index contributed by atoms with van der Waals surface area (Å²) in [7, 11) is 1.66. The van der Waals surface area contributed by atoms with Crippen LogP contribution in [0.15, 0.2) is 29.0 Å². The maximum Gasteiger partial charge on any atom is 0.246 e. The second-order valence-electron chi connectivity index (χ2n) is 6.17. The molecule has 24 heavy (non-hydrogen) atoms.